The Morgan fingerprint density at radius 3 is 2.87 bits per heavy atom. The minimum absolute atomic E-state index is 0.109. The van der Waals surface area contributed by atoms with Crippen LogP contribution in [0.4, 0.5) is 0 Å². The zero-order chi connectivity index (χ0) is 16.2. The molecule has 4 aliphatic rings. The van der Waals surface area contributed by atoms with Crippen molar-refractivity contribution in [3.63, 3.8) is 0 Å². The lowest BCUT2D eigenvalue weighted by atomic mass is 9.50. The first-order valence-corrected chi connectivity index (χ1v) is 9.56. The summed E-state index contributed by atoms with van der Waals surface area (Å²) in [5.74, 6) is 3.12. The number of aliphatic hydroxyl groups is 1. The smallest absolute Gasteiger partial charge is 0.137 e. The third kappa shape index (κ3) is 2.28. The van der Waals surface area contributed by atoms with Crippen molar-refractivity contribution in [1.29, 1.82) is 0 Å². The molecule has 0 aliphatic heterocycles. The van der Waals surface area contributed by atoms with Crippen molar-refractivity contribution in [1.82, 2.24) is 0 Å². The Morgan fingerprint density at radius 1 is 1.26 bits per heavy atom. The van der Waals surface area contributed by atoms with Crippen LogP contribution in [0, 0.1) is 29.1 Å². The van der Waals surface area contributed by atoms with Crippen LogP contribution in [0.2, 0.25) is 0 Å². The van der Waals surface area contributed by atoms with Gasteiger partial charge in [-0.3, -0.25) is 4.79 Å². The van der Waals surface area contributed by atoms with Crippen LogP contribution in [0.15, 0.2) is 23.8 Å². The molecule has 2 saturated carbocycles. The van der Waals surface area contributed by atoms with Gasteiger partial charge in [0.1, 0.15) is 5.78 Å². The summed E-state index contributed by atoms with van der Waals surface area (Å²) >= 11 is 0. The lowest BCUT2D eigenvalue weighted by molar-refractivity contribution is -0.119. The highest BCUT2D eigenvalue weighted by Gasteiger charge is 2.57. The summed E-state index contributed by atoms with van der Waals surface area (Å²) < 4.78 is 0. The predicted octanol–water partition coefficient (Wildman–Crippen LogP) is 4.44. The standard InChI is InChI=1S/C21H30O2/c1-3-4-14-12-21(2)18(9-10-19(21)23)17-7-5-13-11-15(22)6-8-16(13)20(14)17/h3,14,17-20,23H,1,4-12H2,2H3. The number of fused-ring (bicyclic) bond motifs is 4. The van der Waals surface area contributed by atoms with Crippen LogP contribution in [0.5, 0.6) is 0 Å². The SMILES string of the molecule is C=CCC1CC2(C)C(O)CCC2C2CCC3=C(CCC(=O)C3)C12. The highest BCUT2D eigenvalue weighted by Crippen LogP contribution is 2.63. The van der Waals surface area contributed by atoms with Gasteiger partial charge in [0.15, 0.2) is 0 Å². The number of aliphatic hydroxyl groups excluding tert-OH is 1. The van der Waals surface area contributed by atoms with Gasteiger partial charge in [-0.25, -0.2) is 0 Å². The molecule has 0 heterocycles. The Bertz CT molecular complexity index is 560. The fraction of sp³-hybridized carbons (Fsp3) is 0.762. The maximum Gasteiger partial charge on any atom is 0.137 e. The second kappa shape index (κ2) is 5.58. The fourth-order valence-corrected chi connectivity index (χ4v) is 6.78. The summed E-state index contributed by atoms with van der Waals surface area (Å²) in [7, 11) is 0. The molecule has 6 unspecified atom stereocenters. The van der Waals surface area contributed by atoms with E-state index in [1.54, 1.807) is 5.57 Å². The Morgan fingerprint density at radius 2 is 2.09 bits per heavy atom. The van der Waals surface area contributed by atoms with E-state index in [0.29, 0.717) is 23.5 Å². The van der Waals surface area contributed by atoms with Crippen molar-refractivity contribution >= 4 is 5.78 Å². The number of hydrogen-bond donors (Lipinski definition) is 1. The van der Waals surface area contributed by atoms with Crippen molar-refractivity contribution in [3.8, 4) is 0 Å². The van der Waals surface area contributed by atoms with Crippen molar-refractivity contribution in [2.75, 3.05) is 0 Å². The van der Waals surface area contributed by atoms with Crippen molar-refractivity contribution in [2.45, 2.75) is 70.8 Å². The van der Waals surface area contributed by atoms with Crippen LogP contribution in [-0.4, -0.2) is 17.0 Å². The number of carbonyl (C=O) groups is 1. The lowest BCUT2D eigenvalue weighted by Crippen LogP contribution is -2.49. The lowest BCUT2D eigenvalue weighted by Gasteiger charge is -2.55. The molecule has 0 bridgehead atoms. The Hall–Kier alpha value is -0.890. The van der Waals surface area contributed by atoms with E-state index in [0.717, 1.165) is 50.9 Å². The van der Waals surface area contributed by atoms with Gasteiger partial charge in [0.25, 0.3) is 0 Å². The summed E-state index contributed by atoms with van der Waals surface area (Å²) in [6.45, 7) is 6.35. The quantitative estimate of drug-likeness (QED) is 0.765. The molecule has 0 saturated heterocycles. The molecule has 1 N–H and O–H groups in total. The molecule has 0 aromatic rings. The molecule has 0 radical (unpaired) electrons. The van der Waals surface area contributed by atoms with Gasteiger partial charge in [-0.2, -0.15) is 0 Å². The summed E-state index contributed by atoms with van der Waals surface area (Å²) in [6.07, 6.45) is 11.2. The zero-order valence-corrected chi connectivity index (χ0v) is 14.4. The van der Waals surface area contributed by atoms with Crippen molar-refractivity contribution in [3.05, 3.63) is 23.8 Å². The zero-order valence-electron chi connectivity index (χ0n) is 14.4. The van der Waals surface area contributed by atoms with Crippen LogP contribution in [0.1, 0.15) is 64.7 Å². The number of hydrogen-bond acceptors (Lipinski definition) is 2. The van der Waals surface area contributed by atoms with Gasteiger partial charge in [-0.05, 0) is 74.0 Å². The molecule has 23 heavy (non-hydrogen) atoms. The summed E-state index contributed by atoms with van der Waals surface area (Å²) in [6, 6.07) is 0. The van der Waals surface area contributed by atoms with Crippen molar-refractivity contribution in [2.24, 2.45) is 29.1 Å². The predicted molar refractivity (Wildman–Crippen MR) is 91.9 cm³/mol. The summed E-state index contributed by atoms with van der Waals surface area (Å²) in [5.41, 5.74) is 3.24. The van der Waals surface area contributed by atoms with E-state index in [9.17, 15) is 9.90 Å². The minimum Gasteiger partial charge on any atom is -0.393 e. The second-order valence-electron chi connectivity index (χ2n) is 8.77. The average molecular weight is 314 g/mol. The van der Waals surface area contributed by atoms with E-state index in [4.69, 9.17) is 0 Å². The average Bonchev–Trinajstić information content (AvgIpc) is 2.82. The van der Waals surface area contributed by atoms with E-state index >= 15 is 0 Å². The molecular formula is C21H30O2. The molecular weight excluding hydrogens is 284 g/mol. The Labute approximate surface area is 140 Å². The Balaban J connectivity index is 1.73. The Kier molecular flexibility index (Phi) is 3.79. The number of allylic oxidation sites excluding steroid dienone is 3. The van der Waals surface area contributed by atoms with Crippen LogP contribution in [0.25, 0.3) is 0 Å². The molecule has 0 amide bonds. The molecule has 2 heteroatoms. The van der Waals surface area contributed by atoms with Gasteiger partial charge in [0, 0.05) is 12.8 Å². The third-order valence-corrected chi connectivity index (χ3v) is 7.74. The molecule has 0 aromatic heterocycles. The number of carbonyl (C=O) groups excluding carboxylic acids is 1. The number of Topliss-reactive ketones (excluding diaryl/α,β-unsaturated/α-hetero) is 1. The molecule has 6 atom stereocenters. The van der Waals surface area contributed by atoms with Crippen LogP contribution < -0.4 is 0 Å². The maximum absolute atomic E-state index is 11.9. The van der Waals surface area contributed by atoms with Gasteiger partial charge in [-0.1, -0.05) is 24.1 Å². The normalized spacial score (nSPS) is 46.2. The van der Waals surface area contributed by atoms with Gasteiger partial charge in [-0.15, -0.1) is 6.58 Å². The maximum atomic E-state index is 11.9. The number of ketones is 1. The largest absolute Gasteiger partial charge is 0.393 e. The van der Waals surface area contributed by atoms with Crippen LogP contribution in [-0.2, 0) is 4.79 Å². The highest BCUT2D eigenvalue weighted by atomic mass is 16.3. The van der Waals surface area contributed by atoms with Gasteiger partial charge >= 0.3 is 0 Å². The molecule has 0 spiro atoms. The van der Waals surface area contributed by atoms with E-state index < -0.39 is 0 Å². The van der Waals surface area contributed by atoms with Gasteiger partial charge in [0.2, 0.25) is 0 Å². The van der Waals surface area contributed by atoms with E-state index in [2.05, 4.69) is 19.6 Å². The van der Waals surface area contributed by atoms with E-state index in [-0.39, 0.29) is 11.5 Å². The molecule has 2 nitrogen and oxygen atoms in total. The molecule has 0 aromatic carbocycles. The molecule has 126 valence electrons. The summed E-state index contributed by atoms with van der Waals surface area (Å²) in [4.78, 5) is 11.9. The molecule has 4 rings (SSSR count). The minimum atomic E-state index is -0.121. The second-order valence-corrected chi connectivity index (χ2v) is 8.77. The van der Waals surface area contributed by atoms with Crippen LogP contribution >= 0.6 is 0 Å². The van der Waals surface area contributed by atoms with E-state index in [1.807, 2.05) is 0 Å². The third-order valence-electron chi connectivity index (χ3n) is 7.74. The van der Waals surface area contributed by atoms with Gasteiger partial charge in [0.05, 0.1) is 6.10 Å². The number of rotatable bonds is 2. The van der Waals surface area contributed by atoms with Gasteiger partial charge < -0.3 is 5.11 Å². The highest BCUT2D eigenvalue weighted by molar-refractivity contribution is 5.82. The summed E-state index contributed by atoms with van der Waals surface area (Å²) in [5, 5.41) is 10.6. The fourth-order valence-electron chi connectivity index (χ4n) is 6.78. The van der Waals surface area contributed by atoms with Crippen LogP contribution in [0.3, 0.4) is 0 Å². The first-order valence-electron chi connectivity index (χ1n) is 9.56. The first-order chi connectivity index (χ1) is 11.0. The monoisotopic (exact) mass is 314 g/mol. The van der Waals surface area contributed by atoms with Crippen molar-refractivity contribution < 1.29 is 9.90 Å². The first kappa shape index (κ1) is 15.6. The van der Waals surface area contributed by atoms with E-state index in [1.165, 1.54) is 18.4 Å². The molecule has 4 aliphatic carbocycles. The molecule has 2 fully saturated rings. The topological polar surface area (TPSA) is 37.3 Å².